The van der Waals surface area contributed by atoms with E-state index in [-0.39, 0.29) is 17.9 Å². The Morgan fingerprint density at radius 3 is 2.80 bits per heavy atom. The standard InChI is InChI=1S/C19H26N2O4/c1-19(2,3)25-18(23)21-9-4-5-13-6-7-15(11-16(13)21)20-17(22)14-8-10-24-12-14/h6-7,11,14H,4-5,8-10,12H2,1-3H3,(H,20,22)/t14-/m0/s1. The average molecular weight is 346 g/mol. The van der Waals surface area contributed by atoms with Gasteiger partial charge in [-0.15, -0.1) is 0 Å². The minimum absolute atomic E-state index is 0.0305. The van der Waals surface area contributed by atoms with E-state index in [1.54, 1.807) is 4.90 Å². The Morgan fingerprint density at radius 1 is 1.32 bits per heavy atom. The summed E-state index contributed by atoms with van der Waals surface area (Å²) in [6, 6.07) is 5.74. The Bertz CT molecular complexity index is 660. The van der Waals surface area contributed by atoms with Crippen molar-refractivity contribution in [3.63, 3.8) is 0 Å². The molecule has 2 aliphatic rings. The predicted octanol–water partition coefficient (Wildman–Crippen LogP) is 3.35. The maximum atomic E-state index is 12.5. The van der Waals surface area contributed by atoms with Crippen molar-refractivity contribution in [2.75, 3.05) is 30.0 Å². The first kappa shape index (κ1) is 17.7. The second-order valence-corrected chi connectivity index (χ2v) is 7.63. The van der Waals surface area contributed by atoms with E-state index in [1.807, 2.05) is 39.0 Å². The summed E-state index contributed by atoms with van der Waals surface area (Å²) in [4.78, 5) is 26.5. The van der Waals surface area contributed by atoms with E-state index < -0.39 is 5.60 Å². The van der Waals surface area contributed by atoms with Gasteiger partial charge in [0.1, 0.15) is 5.60 Å². The lowest BCUT2D eigenvalue weighted by molar-refractivity contribution is -0.119. The van der Waals surface area contributed by atoms with E-state index in [4.69, 9.17) is 9.47 Å². The van der Waals surface area contributed by atoms with Crippen LogP contribution in [0.3, 0.4) is 0 Å². The summed E-state index contributed by atoms with van der Waals surface area (Å²) >= 11 is 0. The van der Waals surface area contributed by atoms with Crippen LogP contribution in [0.5, 0.6) is 0 Å². The molecule has 2 heterocycles. The van der Waals surface area contributed by atoms with E-state index in [0.717, 1.165) is 30.5 Å². The molecule has 6 heteroatoms. The number of anilines is 2. The number of ether oxygens (including phenoxy) is 2. The minimum Gasteiger partial charge on any atom is -0.443 e. The van der Waals surface area contributed by atoms with Crippen molar-refractivity contribution in [3.05, 3.63) is 23.8 Å². The number of amides is 2. The number of carbonyl (C=O) groups is 2. The molecule has 6 nitrogen and oxygen atoms in total. The number of benzene rings is 1. The van der Waals surface area contributed by atoms with Gasteiger partial charge in [0.05, 0.1) is 18.2 Å². The normalized spacial score (nSPS) is 20.1. The van der Waals surface area contributed by atoms with E-state index in [2.05, 4.69) is 5.32 Å². The van der Waals surface area contributed by atoms with Crippen LogP contribution >= 0.6 is 0 Å². The molecule has 1 fully saturated rings. The van der Waals surface area contributed by atoms with E-state index in [1.165, 1.54) is 0 Å². The molecular formula is C19H26N2O4. The highest BCUT2D eigenvalue weighted by atomic mass is 16.6. The van der Waals surface area contributed by atoms with Gasteiger partial charge in [-0.1, -0.05) is 6.07 Å². The monoisotopic (exact) mass is 346 g/mol. The topological polar surface area (TPSA) is 67.9 Å². The Balaban J connectivity index is 1.77. The lowest BCUT2D eigenvalue weighted by atomic mass is 10.0. The Labute approximate surface area is 148 Å². The van der Waals surface area contributed by atoms with Crippen LogP contribution in [0.4, 0.5) is 16.2 Å². The molecule has 1 aromatic rings. The van der Waals surface area contributed by atoms with Gasteiger partial charge in [-0.2, -0.15) is 0 Å². The molecule has 0 saturated carbocycles. The summed E-state index contributed by atoms with van der Waals surface area (Å²) in [6.07, 6.45) is 2.22. The molecule has 2 aliphatic heterocycles. The van der Waals surface area contributed by atoms with Crippen molar-refractivity contribution >= 4 is 23.4 Å². The minimum atomic E-state index is -0.539. The molecule has 0 aliphatic carbocycles. The fourth-order valence-electron chi connectivity index (χ4n) is 3.14. The van der Waals surface area contributed by atoms with Crippen LogP contribution < -0.4 is 10.2 Å². The number of rotatable bonds is 2. The molecule has 0 spiro atoms. The fourth-order valence-corrected chi connectivity index (χ4v) is 3.14. The Morgan fingerprint density at radius 2 is 2.12 bits per heavy atom. The highest BCUT2D eigenvalue weighted by molar-refractivity contribution is 5.95. The van der Waals surface area contributed by atoms with Gasteiger partial charge in [0, 0.05) is 18.8 Å². The molecule has 2 amide bonds. The second kappa shape index (κ2) is 7.04. The first-order valence-corrected chi connectivity index (χ1v) is 8.85. The summed E-state index contributed by atoms with van der Waals surface area (Å²) < 4.78 is 10.8. The molecule has 0 radical (unpaired) electrons. The van der Waals surface area contributed by atoms with E-state index in [9.17, 15) is 9.59 Å². The van der Waals surface area contributed by atoms with Gasteiger partial charge in [-0.3, -0.25) is 9.69 Å². The zero-order valence-corrected chi connectivity index (χ0v) is 15.1. The highest BCUT2D eigenvalue weighted by Crippen LogP contribution is 2.31. The smallest absolute Gasteiger partial charge is 0.414 e. The lowest BCUT2D eigenvalue weighted by Gasteiger charge is -2.32. The third-order valence-corrected chi connectivity index (χ3v) is 4.39. The van der Waals surface area contributed by atoms with Gasteiger partial charge in [-0.25, -0.2) is 4.79 Å². The maximum absolute atomic E-state index is 12.5. The van der Waals surface area contributed by atoms with Gasteiger partial charge in [0.25, 0.3) is 0 Å². The molecule has 0 unspecified atom stereocenters. The number of carbonyl (C=O) groups excluding carboxylic acids is 2. The molecule has 1 N–H and O–H groups in total. The highest BCUT2D eigenvalue weighted by Gasteiger charge is 2.28. The molecule has 1 atom stereocenters. The summed E-state index contributed by atoms with van der Waals surface area (Å²) in [7, 11) is 0. The van der Waals surface area contributed by atoms with Crippen LogP contribution in [-0.2, 0) is 20.7 Å². The van der Waals surface area contributed by atoms with Crippen LogP contribution in [0.15, 0.2) is 18.2 Å². The van der Waals surface area contributed by atoms with Crippen LogP contribution in [0.2, 0.25) is 0 Å². The van der Waals surface area contributed by atoms with Crippen LogP contribution in [-0.4, -0.2) is 37.4 Å². The van der Waals surface area contributed by atoms with Crippen molar-refractivity contribution in [2.24, 2.45) is 5.92 Å². The third kappa shape index (κ3) is 4.31. The van der Waals surface area contributed by atoms with Crippen molar-refractivity contribution in [1.29, 1.82) is 0 Å². The average Bonchev–Trinajstić information content (AvgIpc) is 3.07. The number of aryl methyl sites for hydroxylation is 1. The molecule has 1 aromatic carbocycles. The number of hydrogen-bond acceptors (Lipinski definition) is 4. The van der Waals surface area contributed by atoms with E-state index >= 15 is 0 Å². The van der Waals surface area contributed by atoms with Crippen molar-refractivity contribution in [1.82, 2.24) is 0 Å². The van der Waals surface area contributed by atoms with Crippen LogP contribution in [0.1, 0.15) is 39.2 Å². The Kier molecular flexibility index (Phi) is 4.99. The number of nitrogens with zero attached hydrogens (tertiary/aromatic N) is 1. The second-order valence-electron chi connectivity index (χ2n) is 7.63. The number of hydrogen-bond donors (Lipinski definition) is 1. The van der Waals surface area contributed by atoms with Gasteiger partial charge >= 0.3 is 6.09 Å². The van der Waals surface area contributed by atoms with Crippen molar-refractivity contribution in [2.45, 2.75) is 45.6 Å². The summed E-state index contributed by atoms with van der Waals surface area (Å²) in [5, 5.41) is 2.94. The van der Waals surface area contributed by atoms with Crippen molar-refractivity contribution in [3.8, 4) is 0 Å². The molecule has 0 bridgehead atoms. The van der Waals surface area contributed by atoms with Crippen molar-refractivity contribution < 1.29 is 19.1 Å². The lowest BCUT2D eigenvalue weighted by Crippen LogP contribution is -2.39. The SMILES string of the molecule is CC(C)(C)OC(=O)N1CCCc2ccc(NC(=O)[C@H]3CCOC3)cc21. The first-order valence-electron chi connectivity index (χ1n) is 8.85. The number of fused-ring (bicyclic) bond motifs is 1. The molecule has 25 heavy (non-hydrogen) atoms. The van der Waals surface area contributed by atoms with E-state index in [0.29, 0.717) is 25.4 Å². The fraction of sp³-hybridized carbons (Fsp3) is 0.579. The zero-order valence-electron chi connectivity index (χ0n) is 15.1. The first-order chi connectivity index (χ1) is 11.8. The third-order valence-electron chi connectivity index (χ3n) is 4.39. The summed E-state index contributed by atoms with van der Waals surface area (Å²) in [5.74, 6) is -0.130. The van der Waals surface area contributed by atoms with Gasteiger partial charge in [0.15, 0.2) is 0 Å². The van der Waals surface area contributed by atoms with Crippen LogP contribution in [0.25, 0.3) is 0 Å². The summed E-state index contributed by atoms with van der Waals surface area (Å²) in [6.45, 7) is 7.30. The summed E-state index contributed by atoms with van der Waals surface area (Å²) in [5.41, 5.74) is 2.08. The number of nitrogens with one attached hydrogen (secondary N) is 1. The molecule has 0 aromatic heterocycles. The zero-order chi connectivity index (χ0) is 18.0. The Hall–Kier alpha value is -2.08. The van der Waals surface area contributed by atoms with Gasteiger partial charge in [-0.05, 0) is 57.7 Å². The molecular weight excluding hydrogens is 320 g/mol. The van der Waals surface area contributed by atoms with Gasteiger partial charge in [0.2, 0.25) is 5.91 Å². The maximum Gasteiger partial charge on any atom is 0.414 e. The largest absolute Gasteiger partial charge is 0.443 e. The van der Waals surface area contributed by atoms with Gasteiger partial charge < -0.3 is 14.8 Å². The predicted molar refractivity (Wildman–Crippen MR) is 95.9 cm³/mol. The molecule has 3 rings (SSSR count). The molecule has 1 saturated heterocycles. The molecule has 136 valence electrons. The van der Waals surface area contributed by atoms with Crippen LogP contribution in [0, 0.1) is 5.92 Å². The quantitative estimate of drug-likeness (QED) is 0.892.